The second-order valence-corrected chi connectivity index (χ2v) is 7.76. The summed E-state index contributed by atoms with van der Waals surface area (Å²) in [5, 5.41) is 23.8. The maximum Gasteiger partial charge on any atom is 0.319 e. The fraction of sp³-hybridized carbons (Fsp3) is 0.208. The first-order valence-electron chi connectivity index (χ1n) is 10.2. The second kappa shape index (κ2) is 9.74. The largest absolute Gasteiger partial charge is 0.505 e. The van der Waals surface area contributed by atoms with E-state index in [4.69, 9.17) is 0 Å². The summed E-state index contributed by atoms with van der Waals surface area (Å²) in [6.07, 6.45) is 0.694. The molecule has 0 radical (unpaired) electrons. The van der Waals surface area contributed by atoms with Crippen LogP contribution in [0, 0.1) is 6.92 Å². The molecular weight excluding hydrogens is 448 g/mol. The Morgan fingerprint density at radius 3 is 2.50 bits per heavy atom. The van der Waals surface area contributed by atoms with Crippen molar-refractivity contribution < 1.29 is 28.6 Å². The highest BCUT2D eigenvalue weighted by atomic mass is 19.3. The van der Waals surface area contributed by atoms with Gasteiger partial charge in [-0.25, -0.2) is 4.79 Å². The summed E-state index contributed by atoms with van der Waals surface area (Å²) in [7, 11) is 1.41. The Hall–Kier alpha value is -4.21. The molecule has 3 aromatic rings. The lowest BCUT2D eigenvalue weighted by Gasteiger charge is -2.22. The van der Waals surface area contributed by atoms with Crippen LogP contribution in [-0.2, 0) is 17.8 Å². The summed E-state index contributed by atoms with van der Waals surface area (Å²) in [5.74, 6) is -5.12. The van der Waals surface area contributed by atoms with Gasteiger partial charge in [-0.2, -0.15) is 8.78 Å². The Morgan fingerprint density at radius 1 is 1.12 bits per heavy atom. The fourth-order valence-corrected chi connectivity index (χ4v) is 3.50. The minimum absolute atomic E-state index is 0.133. The number of pyridine rings is 1. The molecule has 2 amide bonds. The first kappa shape index (κ1) is 24.4. The number of rotatable bonds is 7. The Bertz CT molecular complexity index is 1290. The molecule has 0 spiro atoms. The quantitative estimate of drug-likeness (QED) is 0.417. The molecule has 1 aromatic heterocycles. The van der Waals surface area contributed by atoms with E-state index in [9.17, 15) is 24.6 Å². The van der Waals surface area contributed by atoms with E-state index in [0.29, 0.717) is 5.56 Å². The lowest BCUT2D eigenvalue weighted by atomic mass is 9.93. The maximum atomic E-state index is 15.3. The van der Waals surface area contributed by atoms with Gasteiger partial charge < -0.3 is 25.4 Å². The molecule has 8 nitrogen and oxygen atoms in total. The molecule has 0 fully saturated rings. The number of halogens is 2. The number of carboxylic acids is 1. The molecule has 0 aliphatic heterocycles. The number of carbonyl (C=O) groups is 2. The third-order valence-corrected chi connectivity index (χ3v) is 5.30. The van der Waals surface area contributed by atoms with Gasteiger partial charge in [0.1, 0.15) is 5.75 Å². The number of hydrogen-bond donors (Lipinski definition) is 4. The molecule has 0 bridgehead atoms. The van der Waals surface area contributed by atoms with Gasteiger partial charge in [-0.1, -0.05) is 42.5 Å². The van der Waals surface area contributed by atoms with Crippen molar-refractivity contribution in [2.45, 2.75) is 25.3 Å². The van der Waals surface area contributed by atoms with Crippen LogP contribution in [0.5, 0.6) is 5.75 Å². The number of nitrogens with zero attached hydrogens (tertiary/aromatic N) is 1. The van der Waals surface area contributed by atoms with Gasteiger partial charge >= 0.3 is 12.0 Å². The Labute approximate surface area is 193 Å². The van der Waals surface area contributed by atoms with Crippen LogP contribution in [0.1, 0.15) is 34.7 Å². The summed E-state index contributed by atoms with van der Waals surface area (Å²) in [5.41, 5.74) is -1.13. The second-order valence-electron chi connectivity index (χ2n) is 7.76. The molecule has 178 valence electrons. The van der Waals surface area contributed by atoms with E-state index in [1.807, 2.05) is 0 Å². The molecular formula is C24H23F2N3O5. The van der Waals surface area contributed by atoms with Gasteiger partial charge in [0, 0.05) is 24.4 Å². The van der Waals surface area contributed by atoms with Crippen LogP contribution < -0.4 is 16.2 Å². The average Bonchev–Trinajstić information content (AvgIpc) is 2.79. The molecule has 1 heterocycles. The number of anilines is 1. The minimum atomic E-state index is -3.36. The molecule has 3 rings (SSSR count). The van der Waals surface area contributed by atoms with Crippen LogP contribution >= 0.6 is 0 Å². The number of carboxylic acid groups (broad SMARTS) is 1. The molecule has 0 saturated heterocycles. The van der Waals surface area contributed by atoms with Crippen molar-refractivity contribution in [3.8, 4) is 5.75 Å². The van der Waals surface area contributed by atoms with Gasteiger partial charge in [-0.3, -0.25) is 9.59 Å². The summed E-state index contributed by atoms with van der Waals surface area (Å²) in [4.78, 5) is 36.1. The van der Waals surface area contributed by atoms with Crippen molar-refractivity contribution >= 4 is 17.7 Å². The highest BCUT2D eigenvalue weighted by Gasteiger charge is 2.36. The van der Waals surface area contributed by atoms with Gasteiger partial charge in [-0.15, -0.1) is 0 Å². The third kappa shape index (κ3) is 5.22. The lowest BCUT2D eigenvalue weighted by molar-refractivity contribution is -0.137. The number of urea groups is 1. The van der Waals surface area contributed by atoms with E-state index in [1.165, 1.54) is 49.6 Å². The van der Waals surface area contributed by atoms with Gasteiger partial charge in [0.15, 0.2) is 5.69 Å². The number of nitrogens with one attached hydrogen (secondary N) is 2. The maximum absolute atomic E-state index is 15.3. The van der Waals surface area contributed by atoms with E-state index < -0.39 is 47.4 Å². The SMILES string of the molecule is Cc1ccccc1C(F)(F)c1cccc(C(CC(=O)O)NC(=O)Nc2c(O)ccn(C)c2=O)c1. The zero-order valence-electron chi connectivity index (χ0n) is 18.4. The Balaban J connectivity index is 1.91. The number of amides is 2. The fourth-order valence-electron chi connectivity index (χ4n) is 3.50. The smallest absolute Gasteiger partial charge is 0.319 e. The topological polar surface area (TPSA) is 121 Å². The van der Waals surface area contributed by atoms with E-state index in [1.54, 1.807) is 19.1 Å². The molecule has 4 N–H and O–H groups in total. The van der Waals surface area contributed by atoms with Crippen LogP contribution in [0.2, 0.25) is 0 Å². The Morgan fingerprint density at radius 2 is 1.82 bits per heavy atom. The molecule has 1 unspecified atom stereocenters. The number of aryl methyl sites for hydroxylation is 2. The van der Waals surface area contributed by atoms with E-state index in [-0.39, 0.29) is 16.7 Å². The van der Waals surface area contributed by atoms with Crippen LogP contribution in [0.25, 0.3) is 0 Å². The van der Waals surface area contributed by atoms with Crippen LogP contribution in [0.15, 0.2) is 65.6 Å². The predicted octanol–water partition coefficient (Wildman–Crippen LogP) is 3.88. The first-order chi connectivity index (χ1) is 16.0. The molecule has 0 aliphatic rings. The predicted molar refractivity (Wildman–Crippen MR) is 121 cm³/mol. The van der Waals surface area contributed by atoms with Crippen molar-refractivity contribution in [3.05, 3.63) is 93.4 Å². The van der Waals surface area contributed by atoms with Crippen molar-refractivity contribution in [2.75, 3.05) is 5.32 Å². The zero-order valence-corrected chi connectivity index (χ0v) is 18.4. The van der Waals surface area contributed by atoms with Gasteiger partial charge in [0.25, 0.3) is 11.5 Å². The molecule has 2 aromatic carbocycles. The number of aromatic nitrogens is 1. The van der Waals surface area contributed by atoms with Crippen LogP contribution in [-0.4, -0.2) is 26.8 Å². The first-order valence-corrected chi connectivity index (χ1v) is 10.2. The van der Waals surface area contributed by atoms with Crippen molar-refractivity contribution in [3.63, 3.8) is 0 Å². The van der Waals surface area contributed by atoms with Crippen molar-refractivity contribution in [2.24, 2.45) is 7.05 Å². The summed E-state index contributed by atoms with van der Waals surface area (Å²) >= 11 is 0. The molecule has 34 heavy (non-hydrogen) atoms. The average molecular weight is 471 g/mol. The van der Waals surface area contributed by atoms with Gasteiger partial charge in [0.2, 0.25) is 0 Å². The van der Waals surface area contributed by atoms with E-state index >= 15 is 8.78 Å². The van der Waals surface area contributed by atoms with Gasteiger partial charge in [0.05, 0.1) is 12.5 Å². The third-order valence-electron chi connectivity index (χ3n) is 5.30. The number of aromatic hydroxyl groups is 1. The summed E-state index contributed by atoms with van der Waals surface area (Å²) in [6.45, 7) is 1.56. The minimum Gasteiger partial charge on any atom is -0.505 e. The van der Waals surface area contributed by atoms with Crippen LogP contribution in [0.4, 0.5) is 19.3 Å². The number of alkyl halides is 2. The standard InChI is InChI=1S/C24H23F2N3O5/c1-14-6-3-4-9-17(14)24(25,26)16-8-5-7-15(12-16)18(13-20(31)32)27-23(34)28-21-19(30)10-11-29(2)22(21)33/h3-12,18,30H,13H2,1-2H3,(H,31,32)(H2,27,28,34). The molecule has 0 aliphatic carbocycles. The molecule has 1 atom stereocenters. The number of hydrogen-bond acceptors (Lipinski definition) is 4. The highest BCUT2D eigenvalue weighted by Crippen LogP contribution is 2.38. The lowest BCUT2D eigenvalue weighted by Crippen LogP contribution is -2.36. The number of benzene rings is 2. The van der Waals surface area contributed by atoms with E-state index in [0.717, 1.165) is 10.6 Å². The normalized spacial score (nSPS) is 12.1. The van der Waals surface area contributed by atoms with Crippen molar-refractivity contribution in [1.29, 1.82) is 0 Å². The summed E-state index contributed by atoms with van der Waals surface area (Å²) in [6, 6.07) is 10.2. The number of carbonyl (C=O) groups excluding carboxylic acids is 1. The van der Waals surface area contributed by atoms with Gasteiger partial charge in [-0.05, 0) is 30.2 Å². The highest BCUT2D eigenvalue weighted by molar-refractivity contribution is 5.91. The monoisotopic (exact) mass is 471 g/mol. The summed E-state index contributed by atoms with van der Waals surface area (Å²) < 4.78 is 31.6. The zero-order chi connectivity index (χ0) is 25.0. The van der Waals surface area contributed by atoms with E-state index in [2.05, 4.69) is 10.6 Å². The molecule has 0 saturated carbocycles. The number of aliphatic carboxylic acids is 1. The Kier molecular flexibility index (Phi) is 7.00. The molecule has 10 heteroatoms. The van der Waals surface area contributed by atoms with Crippen molar-refractivity contribution in [1.82, 2.24) is 9.88 Å². The van der Waals surface area contributed by atoms with Crippen LogP contribution in [0.3, 0.4) is 0 Å².